The predicted octanol–water partition coefficient (Wildman–Crippen LogP) is -1.64. The molecule has 0 aromatic carbocycles. The minimum absolute atomic E-state index is 0.0222. The van der Waals surface area contributed by atoms with Crippen LogP contribution in [0.5, 0.6) is 0 Å². The van der Waals surface area contributed by atoms with Crippen LogP contribution in [0, 0.1) is 0 Å². The normalized spacial score (nSPS) is 19.7. The molecular weight excluding hydrogens is 250 g/mol. The predicted molar refractivity (Wildman–Crippen MR) is 70.5 cm³/mol. The van der Waals surface area contributed by atoms with E-state index < -0.39 is 12.0 Å². The van der Waals surface area contributed by atoms with Crippen LogP contribution in [0.4, 0.5) is 0 Å². The van der Waals surface area contributed by atoms with Crippen LogP contribution in [0.25, 0.3) is 0 Å². The van der Waals surface area contributed by atoms with Gasteiger partial charge in [0, 0.05) is 6.54 Å². The van der Waals surface area contributed by atoms with Crippen molar-refractivity contribution in [3.8, 4) is 0 Å². The maximum Gasteiger partial charge on any atom is 0.326 e. The van der Waals surface area contributed by atoms with Crippen LogP contribution in [0.1, 0.15) is 25.7 Å². The molecule has 1 fully saturated rings. The highest BCUT2D eigenvalue weighted by atomic mass is 16.4. The van der Waals surface area contributed by atoms with Crippen molar-refractivity contribution in [2.75, 3.05) is 13.1 Å². The van der Waals surface area contributed by atoms with Gasteiger partial charge in [0.2, 0.25) is 5.91 Å². The van der Waals surface area contributed by atoms with Crippen LogP contribution >= 0.6 is 0 Å². The molecule has 0 aromatic rings. The van der Waals surface area contributed by atoms with E-state index >= 15 is 0 Å². The number of nitrogens with zero attached hydrogens (tertiary/aromatic N) is 1. The third kappa shape index (κ3) is 5.56. The van der Waals surface area contributed by atoms with Crippen LogP contribution in [-0.4, -0.2) is 48.1 Å². The molecule has 0 bridgehead atoms. The van der Waals surface area contributed by atoms with E-state index in [1.54, 1.807) is 0 Å². The Morgan fingerprint density at radius 1 is 1.47 bits per heavy atom. The summed E-state index contributed by atoms with van der Waals surface area (Å²) in [5.74, 6) is -1.33. The topological polar surface area (TPSA) is 143 Å². The molecule has 1 heterocycles. The molecule has 7 N–H and O–H groups in total. The quantitative estimate of drug-likeness (QED) is 0.213. The van der Waals surface area contributed by atoms with Gasteiger partial charge in [0.05, 0.1) is 6.04 Å². The van der Waals surface area contributed by atoms with Gasteiger partial charge >= 0.3 is 5.97 Å². The fourth-order valence-electron chi connectivity index (χ4n) is 1.94. The number of aliphatic carboxylic acids is 1. The summed E-state index contributed by atoms with van der Waals surface area (Å²) in [6, 6.07) is -1.18. The Bertz CT molecular complexity index is 348. The summed E-state index contributed by atoms with van der Waals surface area (Å²) in [4.78, 5) is 26.6. The highest BCUT2D eigenvalue weighted by Crippen LogP contribution is 2.06. The number of rotatable bonds is 7. The molecule has 0 aromatic heterocycles. The number of carbonyl (C=O) groups is 2. The number of amides is 1. The van der Waals surface area contributed by atoms with Crippen molar-refractivity contribution < 1.29 is 14.7 Å². The largest absolute Gasteiger partial charge is 0.480 e. The second kappa shape index (κ2) is 7.57. The summed E-state index contributed by atoms with van der Waals surface area (Å²) in [6.07, 6.45) is 2.46. The number of hydrogen-bond donors (Lipinski definition) is 5. The number of hydrogen-bond acceptors (Lipinski definition) is 4. The first kappa shape index (κ1) is 15.2. The lowest BCUT2D eigenvalue weighted by molar-refractivity contribution is -0.142. The molecule has 1 aliphatic heterocycles. The molecule has 1 amide bonds. The van der Waals surface area contributed by atoms with Crippen LogP contribution in [0.3, 0.4) is 0 Å². The molecule has 1 saturated heterocycles. The molecule has 1 aliphatic rings. The van der Waals surface area contributed by atoms with Crippen LogP contribution in [0.2, 0.25) is 0 Å². The van der Waals surface area contributed by atoms with Crippen LogP contribution < -0.4 is 22.1 Å². The molecule has 0 saturated carbocycles. The van der Waals surface area contributed by atoms with Gasteiger partial charge in [-0.15, -0.1) is 0 Å². The minimum atomic E-state index is -1.05. The SMILES string of the molecule is NC(N)=NCCCC(NC(=O)[C@@H]1CCCN1)C(=O)O. The Morgan fingerprint density at radius 3 is 2.74 bits per heavy atom. The summed E-state index contributed by atoms with van der Waals surface area (Å²) in [6.45, 7) is 1.14. The highest BCUT2D eigenvalue weighted by molar-refractivity contribution is 5.87. The summed E-state index contributed by atoms with van der Waals surface area (Å²) in [7, 11) is 0. The van der Waals surface area contributed by atoms with Gasteiger partial charge in [-0.05, 0) is 32.2 Å². The zero-order valence-electron chi connectivity index (χ0n) is 10.8. The monoisotopic (exact) mass is 271 g/mol. The number of carboxylic acid groups (broad SMARTS) is 1. The van der Waals surface area contributed by atoms with Gasteiger partial charge in [0.25, 0.3) is 0 Å². The van der Waals surface area contributed by atoms with E-state index in [0.29, 0.717) is 19.4 Å². The van der Waals surface area contributed by atoms with Gasteiger partial charge in [-0.1, -0.05) is 0 Å². The van der Waals surface area contributed by atoms with Gasteiger partial charge in [0.15, 0.2) is 5.96 Å². The Hall–Kier alpha value is -1.83. The molecule has 0 spiro atoms. The average molecular weight is 271 g/mol. The zero-order chi connectivity index (χ0) is 14.3. The third-order valence-corrected chi connectivity index (χ3v) is 2.94. The van der Waals surface area contributed by atoms with Gasteiger partial charge in [-0.3, -0.25) is 9.79 Å². The second-order valence-electron chi connectivity index (χ2n) is 4.50. The lowest BCUT2D eigenvalue weighted by atomic mass is 10.1. The third-order valence-electron chi connectivity index (χ3n) is 2.94. The molecule has 8 nitrogen and oxygen atoms in total. The number of aliphatic imine (C=N–C) groups is 1. The highest BCUT2D eigenvalue weighted by Gasteiger charge is 2.26. The van der Waals surface area contributed by atoms with Crippen molar-refractivity contribution in [3.63, 3.8) is 0 Å². The van der Waals surface area contributed by atoms with E-state index in [-0.39, 0.29) is 17.9 Å². The summed E-state index contributed by atoms with van der Waals surface area (Å²) < 4.78 is 0. The number of guanidine groups is 1. The zero-order valence-corrected chi connectivity index (χ0v) is 10.8. The molecule has 19 heavy (non-hydrogen) atoms. The van der Waals surface area contributed by atoms with E-state index in [2.05, 4.69) is 15.6 Å². The van der Waals surface area contributed by atoms with Crippen LogP contribution in [0.15, 0.2) is 4.99 Å². The average Bonchev–Trinajstić information content (AvgIpc) is 2.85. The van der Waals surface area contributed by atoms with Crippen LogP contribution in [-0.2, 0) is 9.59 Å². The van der Waals surface area contributed by atoms with E-state index in [1.165, 1.54) is 0 Å². The van der Waals surface area contributed by atoms with E-state index in [4.69, 9.17) is 16.6 Å². The second-order valence-corrected chi connectivity index (χ2v) is 4.50. The lowest BCUT2D eigenvalue weighted by Gasteiger charge is -2.17. The van der Waals surface area contributed by atoms with Crippen molar-refractivity contribution in [2.45, 2.75) is 37.8 Å². The van der Waals surface area contributed by atoms with E-state index in [9.17, 15) is 9.59 Å². The number of nitrogens with one attached hydrogen (secondary N) is 2. The first-order valence-corrected chi connectivity index (χ1v) is 6.32. The fraction of sp³-hybridized carbons (Fsp3) is 0.727. The molecule has 2 atom stereocenters. The molecule has 1 unspecified atom stereocenters. The van der Waals surface area contributed by atoms with E-state index in [0.717, 1.165) is 19.4 Å². The number of carbonyl (C=O) groups excluding carboxylic acids is 1. The molecule has 1 rings (SSSR count). The first-order chi connectivity index (χ1) is 9.00. The maximum atomic E-state index is 11.8. The van der Waals surface area contributed by atoms with E-state index in [1.807, 2.05) is 0 Å². The van der Waals surface area contributed by atoms with Crippen molar-refractivity contribution in [3.05, 3.63) is 0 Å². The molecular formula is C11H21N5O3. The molecule has 0 aliphatic carbocycles. The molecule has 8 heteroatoms. The Balaban J connectivity index is 2.37. The fourth-order valence-corrected chi connectivity index (χ4v) is 1.94. The lowest BCUT2D eigenvalue weighted by Crippen LogP contribution is -2.48. The van der Waals surface area contributed by atoms with Crippen molar-refractivity contribution >= 4 is 17.8 Å². The minimum Gasteiger partial charge on any atom is -0.480 e. The maximum absolute atomic E-state index is 11.8. The Labute approximate surface area is 111 Å². The van der Waals surface area contributed by atoms with Crippen molar-refractivity contribution in [2.24, 2.45) is 16.5 Å². The Kier molecular flexibility index (Phi) is 6.07. The molecule has 108 valence electrons. The first-order valence-electron chi connectivity index (χ1n) is 6.32. The van der Waals surface area contributed by atoms with Crippen molar-refractivity contribution in [1.82, 2.24) is 10.6 Å². The Morgan fingerprint density at radius 2 is 2.21 bits per heavy atom. The van der Waals surface area contributed by atoms with Gasteiger partial charge in [0.1, 0.15) is 6.04 Å². The van der Waals surface area contributed by atoms with Gasteiger partial charge in [-0.25, -0.2) is 4.79 Å². The smallest absolute Gasteiger partial charge is 0.326 e. The van der Waals surface area contributed by atoms with Gasteiger partial charge < -0.3 is 27.2 Å². The standard InChI is InChI=1S/C11H21N5O3/c12-11(13)15-6-2-4-8(10(18)19)16-9(17)7-3-1-5-14-7/h7-8,14H,1-6H2,(H,16,17)(H,18,19)(H4,12,13,15)/t7-,8?/m0/s1. The number of carboxylic acids is 1. The summed E-state index contributed by atoms with van der Waals surface area (Å²) in [5.41, 5.74) is 10.3. The van der Waals surface area contributed by atoms with Crippen molar-refractivity contribution in [1.29, 1.82) is 0 Å². The summed E-state index contributed by atoms with van der Waals surface area (Å²) in [5, 5.41) is 14.6. The molecule has 0 radical (unpaired) electrons. The summed E-state index contributed by atoms with van der Waals surface area (Å²) >= 11 is 0. The van der Waals surface area contributed by atoms with Gasteiger partial charge in [-0.2, -0.15) is 0 Å². The number of nitrogens with two attached hydrogens (primary N) is 2.